The van der Waals surface area contributed by atoms with Crippen molar-refractivity contribution in [3.8, 4) is 11.5 Å². The highest BCUT2D eigenvalue weighted by Gasteiger charge is 2.35. The van der Waals surface area contributed by atoms with Crippen LogP contribution in [-0.4, -0.2) is 32.7 Å². The van der Waals surface area contributed by atoms with Gasteiger partial charge >= 0.3 is 12.1 Å². The number of esters is 1. The van der Waals surface area contributed by atoms with Crippen LogP contribution in [0.1, 0.15) is 15.9 Å². The fraction of sp³-hybridized carbons (Fsp3) is 0.222. The molecule has 0 aliphatic heterocycles. The molecule has 0 heterocycles. The Morgan fingerprint density at radius 1 is 1.00 bits per heavy atom. The van der Waals surface area contributed by atoms with E-state index >= 15 is 0 Å². The average molecular weight is 383 g/mol. The maximum Gasteiger partial charge on any atom is 0.417 e. The van der Waals surface area contributed by atoms with Crippen molar-refractivity contribution < 1.29 is 37.0 Å². The van der Waals surface area contributed by atoms with E-state index in [0.717, 1.165) is 18.2 Å². The molecule has 0 bridgehead atoms. The Hall–Kier alpha value is -3.23. The summed E-state index contributed by atoms with van der Waals surface area (Å²) in [5, 5.41) is 2.45. The highest BCUT2D eigenvalue weighted by atomic mass is 19.4. The fourth-order valence-electron chi connectivity index (χ4n) is 2.23. The van der Waals surface area contributed by atoms with Crippen molar-refractivity contribution in [2.75, 3.05) is 26.1 Å². The summed E-state index contributed by atoms with van der Waals surface area (Å²) in [5.41, 5.74) is -1.45. The monoisotopic (exact) mass is 383 g/mol. The number of amides is 1. The van der Waals surface area contributed by atoms with Crippen LogP contribution in [-0.2, 0) is 15.7 Å². The maximum atomic E-state index is 12.9. The first-order valence-electron chi connectivity index (χ1n) is 7.61. The van der Waals surface area contributed by atoms with Gasteiger partial charge in [0.15, 0.2) is 18.1 Å². The van der Waals surface area contributed by atoms with Gasteiger partial charge in [0.2, 0.25) is 0 Å². The Kier molecular flexibility index (Phi) is 6.27. The van der Waals surface area contributed by atoms with E-state index in [4.69, 9.17) is 14.2 Å². The average Bonchev–Trinajstić information content (AvgIpc) is 2.65. The second-order valence-corrected chi connectivity index (χ2v) is 5.24. The van der Waals surface area contributed by atoms with Crippen molar-refractivity contribution in [3.05, 3.63) is 53.6 Å². The van der Waals surface area contributed by atoms with Crippen molar-refractivity contribution in [1.82, 2.24) is 0 Å². The lowest BCUT2D eigenvalue weighted by Gasteiger charge is -2.13. The second kappa shape index (κ2) is 8.43. The summed E-state index contributed by atoms with van der Waals surface area (Å²) >= 11 is 0. The van der Waals surface area contributed by atoms with Gasteiger partial charge in [-0.3, -0.25) is 4.79 Å². The first kappa shape index (κ1) is 20.1. The summed E-state index contributed by atoms with van der Waals surface area (Å²) in [6, 6.07) is 8.74. The molecule has 6 nitrogen and oxygen atoms in total. The molecular weight excluding hydrogens is 367 g/mol. The standard InChI is InChI=1S/C18H16F3NO5/c1-25-14-8-7-11(9-15(14)26-2)22-16(23)10-27-17(24)12-5-3-4-6-13(12)18(19,20)21/h3-9H,10H2,1-2H3,(H,22,23). The number of anilines is 1. The summed E-state index contributed by atoms with van der Waals surface area (Å²) in [4.78, 5) is 23.8. The van der Waals surface area contributed by atoms with E-state index in [9.17, 15) is 22.8 Å². The highest BCUT2D eigenvalue weighted by molar-refractivity contribution is 5.96. The van der Waals surface area contributed by atoms with Crippen LogP contribution in [0.4, 0.5) is 18.9 Å². The van der Waals surface area contributed by atoms with Gasteiger partial charge in [0, 0.05) is 11.8 Å². The molecule has 2 aromatic rings. The topological polar surface area (TPSA) is 73.9 Å². The number of hydrogen-bond donors (Lipinski definition) is 1. The van der Waals surface area contributed by atoms with Crippen LogP contribution in [0.5, 0.6) is 11.5 Å². The van der Waals surface area contributed by atoms with Crippen LogP contribution in [0, 0.1) is 0 Å². The molecule has 2 rings (SSSR count). The number of halogens is 3. The molecule has 0 radical (unpaired) electrons. The van der Waals surface area contributed by atoms with Crippen molar-refractivity contribution in [2.24, 2.45) is 0 Å². The molecule has 1 amide bonds. The lowest BCUT2D eigenvalue weighted by Crippen LogP contribution is -2.22. The first-order chi connectivity index (χ1) is 12.8. The van der Waals surface area contributed by atoms with Crippen molar-refractivity contribution in [3.63, 3.8) is 0 Å². The van der Waals surface area contributed by atoms with E-state index in [-0.39, 0.29) is 0 Å². The normalized spacial score (nSPS) is 10.9. The van der Waals surface area contributed by atoms with Gasteiger partial charge in [-0.25, -0.2) is 4.79 Å². The largest absolute Gasteiger partial charge is 0.493 e. The Labute approximate surface area is 152 Å². The van der Waals surface area contributed by atoms with Crippen molar-refractivity contribution >= 4 is 17.6 Å². The summed E-state index contributed by atoms with van der Waals surface area (Å²) in [5.74, 6) is -1.15. The Bertz CT molecular complexity index is 836. The third-order valence-electron chi connectivity index (χ3n) is 3.45. The number of methoxy groups -OCH3 is 2. The molecule has 0 saturated heterocycles. The minimum absolute atomic E-state index is 0.337. The van der Waals surface area contributed by atoms with Crippen LogP contribution < -0.4 is 14.8 Å². The number of rotatable bonds is 6. The van der Waals surface area contributed by atoms with Gasteiger partial charge in [-0.05, 0) is 24.3 Å². The molecule has 0 unspecified atom stereocenters. The van der Waals surface area contributed by atoms with E-state index in [1.165, 1.54) is 32.4 Å². The number of carbonyl (C=O) groups excluding carboxylic acids is 2. The molecule has 0 atom stereocenters. The van der Waals surface area contributed by atoms with Gasteiger partial charge < -0.3 is 19.5 Å². The predicted octanol–water partition coefficient (Wildman–Crippen LogP) is 3.52. The molecule has 0 fully saturated rings. The molecule has 0 spiro atoms. The molecule has 1 N–H and O–H groups in total. The third kappa shape index (κ3) is 5.13. The number of alkyl halides is 3. The lowest BCUT2D eigenvalue weighted by atomic mass is 10.1. The van der Waals surface area contributed by atoms with Crippen LogP contribution in [0.15, 0.2) is 42.5 Å². The van der Waals surface area contributed by atoms with Crippen LogP contribution in [0.2, 0.25) is 0 Å². The zero-order chi connectivity index (χ0) is 20.0. The SMILES string of the molecule is COc1ccc(NC(=O)COC(=O)c2ccccc2C(F)(F)F)cc1OC. The number of ether oxygens (including phenoxy) is 3. The number of benzene rings is 2. The van der Waals surface area contributed by atoms with Gasteiger partial charge in [0.05, 0.1) is 25.3 Å². The van der Waals surface area contributed by atoms with E-state index in [1.807, 2.05) is 0 Å². The number of nitrogens with one attached hydrogen (secondary N) is 1. The zero-order valence-electron chi connectivity index (χ0n) is 14.4. The van der Waals surface area contributed by atoms with Gasteiger partial charge in [-0.15, -0.1) is 0 Å². The van der Waals surface area contributed by atoms with E-state index in [1.54, 1.807) is 6.07 Å². The van der Waals surface area contributed by atoms with Crippen molar-refractivity contribution in [1.29, 1.82) is 0 Å². The molecule has 0 aliphatic rings. The minimum Gasteiger partial charge on any atom is -0.493 e. The van der Waals surface area contributed by atoms with Crippen LogP contribution >= 0.6 is 0 Å². The maximum absolute atomic E-state index is 12.9. The summed E-state index contributed by atoms with van der Waals surface area (Å²) in [7, 11) is 2.87. The molecule has 2 aromatic carbocycles. The van der Waals surface area contributed by atoms with Gasteiger partial charge in [0.25, 0.3) is 5.91 Å². The lowest BCUT2D eigenvalue weighted by molar-refractivity contribution is -0.138. The van der Waals surface area contributed by atoms with E-state index in [2.05, 4.69) is 5.32 Å². The van der Waals surface area contributed by atoms with Gasteiger partial charge in [-0.1, -0.05) is 12.1 Å². The molecule has 0 aromatic heterocycles. The summed E-state index contributed by atoms with van der Waals surface area (Å²) < 4.78 is 53.6. The van der Waals surface area contributed by atoms with Crippen LogP contribution in [0.25, 0.3) is 0 Å². The summed E-state index contributed by atoms with van der Waals surface area (Å²) in [6.07, 6.45) is -4.71. The first-order valence-corrected chi connectivity index (χ1v) is 7.61. The Balaban J connectivity index is 2.01. The van der Waals surface area contributed by atoms with Crippen molar-refractivity contribution in [2.45, 2.75) is 6.18 Å². The molecule has 9 heteroatoms. The highest BCUT2D eigenvalue weighted by Crippen LogP contribution is 2.32. The minimum atomic E-state index is -4.71. The predicted molar refractivity (Wildman–Crippen MR) is 89.9 cm³/mol. The molecule has 27 heavy (non-hydrogen) atoms. The van der Waals surface area contributed by atoms with E-state index in [0.29, 0.717) is 17.2 Å². The Morgan fingerprint density at radius 2 is 1.67 bits per heavy atom. The quantitative estimate of drug-likeness (QED) is 0.773. The smallest absolute Gasteiger partial charge is 0.417 e. The van der Waals surface area contributed by atoms with Gasteiger partial charge in [0.1, 0.15) is 0 Å². The van der Waals surface area contributed by atoms with Crippen LogP contribution in [0.3, 0.4) is 0 Å². The van der Waals surface area contributed by atoms with E-state index < -0.39 is 35.8 Å². The Morgan fingerprint density at radius 3 is 2.30 bits per heavy atom. The molecule has 0 aliphatic carbocycles. The molecule has 144 valence electrons. The third-order valence-corrected chi connectivity index (χ3v) is 3.45. The molecular formula is C18H16F3NO5. The van der Waals surface area contributed by atoms with Gasteiger partial charge in [-0.2, -0.15) is 13.2 Å². The number of hydrogen-bond acceptors (Lipinski definition) is 5. The second-order valence-electron chi connectivity index (χ2n) is 5.24. The zero-order valence-corrected chi connectivity index (χ0v) is 14.4. The fourth-order valence-corrected chi connectivity index (χ4v) is 2.23. The summed E-state index contributed by atoms with van der Waals surface area (Å²) in [6.45, 7) is -0.751. The molecule has 0 saturated carbocycles. The number of carbonyl (C=O) groups is 2.